The number of aromatic nitrogens is 2. The number of ether oxygens (including phenoxy) is 1. The predicted molar refractivity (Wildman–Crippen MR) is 92.6 cm³/mol. The summed E-state index contributed by atoms with van der Waals surface area (Å²) >= 11 is 1.59. The van der Waals surface area contributed by atoms with Crippen LogP contribution in [0.1, 0.15) is 15.2 Å². The van der Waals surface area contributed by atoms with Crippen LogP contribution < -0.4 is 17.0 Å². The zero-order valence-electron chi connectivity index (χ0n) is 13.6. The molecule has 0 amide bonds. The van der Waals surface area contributed by atoms with Crippen LogP contribution >= 0.6 is 11.3 Å². The number of hydrogen-bond acceptors (Lipinski definition) is 7. The van der Waals surface area contributed by atoms with Crippen molar-refractivity contribution in [2.75, 3.05) is 33.0 Å². The monoisotopic (exact) mass is 352 g/mol. The van der Waals surface area contributed by atoms with Crippen molar-refractivity contribution in [2.45, 2.75) is 13.1 Å². The summed E-state index contributed by atoms with van der Waals surface area (Å²) in [5, 5.41) is 1.96. The van der Waals surface area contributed by atoms with E-state index in [2.05, 4.69) is 4.98 Å². The highest BCUT2D eigenvalue weighted by molar-refractivity contribution is 7.09. The van der Waals surface area contributed by atoms with E-state index < -0.39 is 17.0 Å². The topological polar surface area (TPSA) is 110 Å². The van der Waals surface area contributed by atoms with Gasteiger partial charge in [-0.25, -0.2) is 4.79 Å². The second kappa shape index (κ2) is 8.04. The number of carbonyl (C=O) groups excluding carboxylic acids is 1. The third kappa shape index (κ3) is 4.19. The molecule has 0 fully saturated rings. The lowest BCUT2D eigenvalue weighted by atomic mass is 10.2. The molecule has 2 aromatic rings. The van der Waals surface area contributed by atoms with Crippen LogP contribution in [0.4, 0.5) is 5.82 Å². The first-order chi connectivity index (χ1) is 11.4. The maximum atomic E-state index is 12.5. The summed E-state index contributed by atoms with van der Waals surface area (Å²) in [5.74, 6) is -0.561. The smallest absolute Gasteiger partial charge is 0.330 e. The van der Waals surface area contributed by atoms with Gasteiger partial charge >= 0.3 is 5.69 Å². The average molecular weight is 352 g/mol. The van der Waals surface area contributed by atoms with E-state index in [0.29, 0.717) is 6.54 Å². The fourth-order valence-electron chi connectivity index (χ4n) is 2.31. The van der Waals surface area contributed by atoms with Gasteiger partial charge in [0.25, 0.3) is 5.56 Å². The second-order valence-corrected chi connectivity index (χ2v) is 6.37. The van der Waals surface area contributed by atoms with Crippen LogP contribution in [0.2, 0.25) is 0 Å². The highest BCUT2D eigenvalue weighted by Crippen LogP contribution is 2.12. The van der Waals surface area contributed by atoms with Crippen molar-refractivity contribution < 1.29 is 9.53 Å². The molecule has 0 saturated heterocycles. The third-order valence-electron chi connectivity index (χ3n) is 3.46. The molecule has 0 bridgehead atoms. The summed E-state index contributed by atoms with van der Waals surface area (Å²) in [6.45, 7) is 1.00. The van der Waals surface area contributed by atoms with Crippen molar-refractivity contribution in [2.24, 2.45) is 0 Å². The fourth-order valence-corrected chi connectivity index (χ4v) is 3.09. The molecule has 0 unspecified atom stereocenters. The van der Waals surface area contributed by atoms with Crippen molar-refractivity contribution in [1.82, 2.24) is 14.5 Å². The molecule has 3 N–H and O–H groups in total. The number of anilines is 1. The molecule has 0 aromatic carbocycles. The summed E-state index contributed by atoms with van der Waals surface area (Å²) < 4.78 is 6.05. The molecule has 8 nitrogen and oxygen atoms in total. The number of ketones is 1. The molecule has 0 radical (unpaired) electrons. The van der Waals surface area contributed by atoms with Crippen molar-refractivity contribution in [3.63, 3.8) is 0 Å². The van der Waals surface area contributed by atoms with Gasteiger partial charge < -0.3 is 10.5 Å². The lowest BCUT2D eigenvalue weighted by Crippen LogP contribution is -2.39. The summed E-state index contributed by atoms with van der Waals surface area (Å²) in [4.78, 5) is 41.3. The van der Waals surface area contributed by atoms with Crippen molar-refractivity contribution in [1.29, 1.82) is 0 Å². The molecular weight excluding hydrogens is 332 g/mol. The van der Waals surface area contributed by atoms with Crippen LogP contribution in [0, 0.1) is 0 Å². The van der Waals surface area contributed by atoms with Crippen LogP contribution in [0.25, 0.3) is 0 Å². The van der Waals surface area contributed by atoms with E-state index in [1.165, 1.54) is 7.11 Å². The summed E-state index contributed by atoms with van der Waals surface area (Å²) in [7, 11) is 3.27. The van der Waals surface area contributed by atoms with Crippen LogP contribution in [0.5, 0.6) is 0 Å². The maximum Gasteiger partial charge on any atom is 0.330 e. The Morgan fingerprint density at radius 3 is 2.83 bits per heavy atom. The Morgan fingerprint density at radius 2 is 2.21 bits per heavy atom. The highest BCUT2D eigenvalue weighted by atomic mass is 32.1. The summed E-state index contributed by atoms with van der Waals surface area (Å²) in [5.41, 5.74) is 4.28. The Hall–Kier alpha value is -2.23. The van der Waals surface area contributed by atoms with Gasteiger partial charge in [-0.3, -0.25) is 24.0 Å². The van der Waals surface area contributed by atoms with E-state index in [4.69, 9.17) is 10.5 Å². The molecule has 0 aliphatic carbocycles. The number of nitrogens with two attached hydrogens (primary N) is 1. The van der Waals surface area contributed by atoms with Crippen LogP contribution in [-0.2, 0) is 17.8 Å². The molecule has 0 aliphatic rings. The van der Waals surface area contributed by atoms with E-state index >= 15 is 0 Å². The van der Waals surface area contributed by atoms with Crippen LogP contribution in [-0.4, -0.2) is 47.5 Å². The molecule has 130 valence electrons. The SMILES string of the molecule is COCCn1c(N)c(C(=O)CN(C)Cc2cccs2)c(=O)[nH]c1=O. The summed E-state index contributed by atoms with van der Waals surface area (Å²) in [6, 6.07) is 3.90. The lowest BCUT2D eigenvalue weighted by molar-refractivity contribution is 0.0941. The number of H-pyrrole nitrogens is 1. The molecule has 0 atom stereocenters. The second-order valence-electron chi connectivity index (χ2n) is 5.34. The van der Waals surface area contributed by atoms with Gasteiger partial charge in [0, 0.05) is 18.5 Å². The number of nitrogen functional groups attached to an aromatic ring is 1. The number of carbonyl (C=O) groups is 1. The Labute approximate surface area is 142 Å². The number of nitrogens with zero attached hydrogens (tertiary/aromatic N) is 2. The number of hydrogen-bond donors (Lipinski definition) is 2. The largest absolute Gasteiger partial charge is 0.384 e. The Balaban J connectivity index is 2.22. The number of likely N-dealkylation sites (N-methyl/N-ethyl adjacent to an activating group) is 1. The third-order valence-corrected chi connectivity index (χ3v) is 4.32. The highest BCUT2D eigenvalue weighted by Gasteiger charge is 2.20. The standard InChI is InChI=1S/C15H20N4O4S/c1-18(8-10-4-3-7-24-10)9-11(20)12-13(16)19(5-6-23-2)15(22)17-14(12)21/h3-4,7H,5-6,8-9,16H2,1-2H3,(H,17,21,22). The minimum absolute atomic E-state index is 0.0215. The van der Waals surface area contributed by atoms with Gasteiger partial charge in [-0.15, -0.1) is 11.3 Å². The Kier molecular flexibility index (Phi) is 6.07. The van der Waals surface area contributed by atoms with Gasteiger partial charge in [0.15, 0.2) is 5.78 Å². The van der Waals surface area contributed by atoms with Gasteiger partial charge in [0.2, 0.25) is 0 Å². The molecule has 2 aromatic heterocycles. The number of thiophene rings is 1. The number of methoxy groups -OCH3 is 1. The van der Waals surface area contributed by atoms with Crippen molar-refractivity contribution >= 4 is 22.9 Å². The first-order valence-corrected chi connectivity index (χ1v) is 8.17. The van der Waals surface area contributed by atoms with Crippen molar-refractivity contribution in [3.05, 3.63) is 48.8 Å². The van der Waals surface area contributed by atoms with Gasteiger partial charge in [0.1, 0.15) is 11.4 Å². The Bertz CT molecular complexity index is 810. The average Bonchev–Trinajstić information content (AvgIpc) is 2.99. The van der Waals surface area contributed by atoms with Crippen LogP contribution in [0.3, 0.4) is 0 Å². The van der Waals surface area contributed by atoms with E-state index in [9.17, 15) is 14.4 Å². The van der Waals surface area contributed by atoms with E-state index in [0.717, 1.165) is 9.44 Å². The number of rotatable bonds is 8. The molecule has 2 heterocycles. The maximum absolute atomic E-state index is 12.5. The normalized spacial score (nSPS) is 11.1. The van der Waals surface area contributed by atoms with E-state index in [-0.39, 0.29) is 31.1 Å². The molecule has 2 rings (SSSR count). The van der Waals surface area contributed by atoms with Gasteiger partial charge in [0.05, 0.1) is 19.7 Å². The Morgan fingerprint density at radius 1 is 1.46 bits per heavy atom. The van der Waals surface area contributed by atoms with E-state index in [1.807, 2.05) is 17.5 Å². The zero-order chi connectivity index (χ0) is 17.7. The van der Waals surface area contributed by atoms with Gasteiger partial charge in [-0.05, 0) is 18.5 Å². The summed E-state index contributed by atoms with van der Waals surface area (Å²) in [6.07, 6.45) is 0. The molecular formula is C15H20N4O4S. The lowest BCUT2D eigenvalue weighted by Gasteiger charge is -2.16. The molecule has 0 spiro atoms. The first kappa shape index (κ1) is 18.1. The van der Waals surface area contributed by atoms with E-state index in [1.54, 1.807) is 23.3 Å². The molecule has 9 heteroatoms. The fraction of sp³-hybridized carbons (Fsp3) is 0.400. The molecule has 24 heavy (non-hydrogen) atoms. The zero-order valence-corrected chi connectivity index (χ0v) is 14.4. The quantitative estimate of drug-likeness (QED) is 0.654. The molecule has 0 saturated carbocycles. The predicted octanol–water partition coefficient (Wildman–Crippen LogP) is 0.141. The molecule has 0 aliphatic heterocycles. The minimum atomic E-state index is -0.763. The number of nitrogens with one attached hydrogen (secondary N) is 1. The van der Waals surface area contributed by atoms with Crippen LogP contribution in [0.15, 0.2) is 27.1 Å². The van der Waals surface area contributed by atoms with Gasteiger partial charge in [-0.2, -0.15) is 0 Å². The number of Topliss-reactive ketones (excluding diaryl/α,β-unsaturated/α-hetero) is 1. The number of aromatic amines is 1. The first-order valence-electron chi connectivity index (χ1n) is 7.29. The van der Waals surface area contributed by atoms with Crippen molar-refractivity contribution in [3.8, 4) is 0 Å². The minimum Gasteiger partial charge on any atom is -0.384 e. The van der Waals surface area contributed by atoms with Gasteiger partial charge in [-0.1, -0.05) is 6.07 Å².